The van der Waals surface area contributed by atoms with Crippen LogP contribution in [0.2, 0.25) is 5.02 Å². The summed E-state index contributed by atoms with van der Waals surface area (Å²) < 4.78 is 60.3. The number of hydrogen-bond acceptors (Lipinski definition) is 5. The molecule has 1 aromatic heterocycles. The number of hydrogen-bond donors (Lipinski definition) is 0. The number of carbonyl (C=O) groups excluding carboxylic acids is 1. The molecule has 1 atom stereocenters. The quantitative estimate of drug-likeness (QED) is 0.416. The van der Waals surface area contributed by atoms with Crippen LogP contribution in [0.5, 0.6) is 0 Å². The molecule has 3 aromatic rings. The normalized spacial score (nSPS) is 15.9. The van der Waals surface area contributed by atoms with Crippen LogP contribution >= 0.6 is 11.6 Å². The second-order valence-electron chi connectivity index (χ2n) is 8.35. The molecule has 1 aliphatic heterocycles. The zero-order valence-corrected chi connectivity index (χ0v) is 19.6. The van der Waals surface area contributed by atoms with Gasteiger partial charge < -0.3 is 14.2 Å². The number of urea groups is 1. The Morgan fingerprint density at radius 1 is 1.23 bits per heavy atom. The van der Waals surface area contributed by atoms with Gasteiger partial charge in [-0.2, -0.15) is 8.78 Å². The van der Waals surface area contributed by atoms with E-state index in [1.165, 1.54) is 30.3 Å². The Morgan fingerprint density at radius 2 is 2.00 bits per heavy atom. The largest absolute Gasteiger partial charge is 0.415 e. The molecule has 0 radical (unpaired) electrons. The Balaban J connectivity index is 1.64. The zero-order chi connectivity index (χ0) is 25.3. The van der Waals surface area contributed by atoms with Crippen LogP contribution < -0.4 is 4.90 Å². The summed E-state index contributed by atoms with van der Waals surface area (Å²) in [6.07, 6.45) is -2.21. The Morgan fingerprint density at radius 3 is 2.63 bits per heavy atom. The number of benzene rings is 2. The summed E-state index contributed by atoms with van der Waals surface area (Å²) in [5.41, 5.74) is 0.0713. The maximum Gasteiger partial charge on any atom is 0.324 e. The molecule has 0 N–H and O–H groups in total. The monoisotopic (exact) mass is 511 g/mol. The molecule has 1 fully saturated rings. The van der Waals surface area contributed by atoms with E-state index in [1.807, 2.05) is 19.0 Å². The number of nitrogens with zero attached hydrogens (tertiary/aromatic N) is 5. The highest BCUT2D eigenvalue weighted by atomic mass is 35.5. The predicted molar refractivity (Wildman–Crippen MR) is 121 cm³/mol. The molecule has 2 aromatic carbocycles. The van der Waals surface area contributed by atoms with Crippen molar-refractivity contribution < 1.29 is 26.8 Å². The molecule has 0 unspecified atom stereocenters. The van der Waals surface area contributed by atoms with Crippen molar-refractivity contribution in [2.45, 2.75) is 25.4 Å². The van der Waals surface area contributed by atoms with Crippen molar-refractivity contribution in [3.8, 4) is 11.5 Å². The Labute approximate surface area is 203 Å². The van der Waals surface area contributed by atoms with Gasteiger partial charge >= 0.3 is 12.5 Å². The first-order valence-corrected chi connectivity index (χ1v) is 11.1. The van der Waals surface area contributed by atoms with Gasteiger partial charge in [-0.05, 0) is 44.8 Å². The van der Waals surface area contributed by atoms with Crippen LogP contribution in [0.25, 0.3) is 11.5 Å². The highest BCUT2D eigenvalue weighted by Gasteiger charge is 2.32. The van der Waals surface area contributed by atoms with Crippen molar-refractivity contribution in [1.29, 1.82) is 0 Å². The molecular weight excluding hydrogens is 490 g/mol. The number of likely N-dealkylation sites (N-methyl/N-ethyl adjacent to an activating group) is 1. The molecule has 186 valence electrons. The lowest BCUT2D eigenvalue weighted by atomic mass is 10.1. The molecule has 4 rings (SSSR count). The molecule has 1 saturated heterocycles. The second kappa shape index (κ2) is 10.2. The fourth-order valence-electron chi connectivity index (χ4n) is 3.88. The van der Waals surface area contributed by atoms with E-state index >= 15 is 4.39 Å². The lowest BCUT2D eigenvalue weighted by molar-refractivity contribution is 0.116. The zero-order valence-electron chi connectivity index (χ0n) is 18.9. The molecule has 0 spiro atoms. The Hall–Kier alpha value is -3.18. The van der Waals surface area contributed by atoms with Crippen LogP contribution in [0.3, 0.4) is 0 Å². The molecule has 12 heteroatoms. The van der Waals surface area contributed by atoms with E-state index in [0.29, 0.717) is 13.1 Å². The third-order valence-electron chi connectivity index (χ3n) is 5.87. The third kappa shape index (κ3) is 5.25. The van der Waals surface area contributed by atoms with Crippen LogP contribution in [0.15, 0.2) is 40.8 Å². The number of anilines is 1. The van der Waals surface area contributed by atoms with Crippen LogP contribution in [-0.2, 0) is 6.54 Å². The number of carbonyl (C=O) groups is 1. The summed E-state index contributed by atoms with van der Waals surface area (Å²) in [6, 6.07) is 7.70. The molecule has 1 aliphatic rings. The van der Waals surface area contributed by atoms with E-state index in [1.54, 1.807) is 4.90 Å². The van der Waals surface area contributed by atoms with Gasteiger partial charge in [0.05, 0.1) is 17.3 Å². The summed E-state index contributed by atoms with van der Waals surface area (Å²) in [5.74, 6) is -2.70. The van der Waals surface area contributed by atoms with Gasteiger partial charge in [0.2, 0.25) is 5.89 Å². The van der Waals surface area contributed by atoms with E-state index in [-0.39, 0.29) is 40.3 Å². The molecule has 0 aliphatic carbocycles. The summed E-state index contributed by atoms with van der Waals surface area (Å²) in [4.78, 5) is 18.2. The van der Waals surface area contributed by atoms with Gasteiger partial charge in [0.15, 0.2) is 5.82 Å². The highest BCUT2D eigenvalue weighted by Crippen LogP contribution is 2.31. The first-order valence-electron chi connectivity index (χ1n) is 10.7. The SMILES string of the molecule is CN(C)[C@H]1CCN(C(=O)N(Cc2ccc(-c3nnc(C(F)F)o3)cc2F)c2cccc(Cl)c2F)C1. The Kier molecular flexibility index (Phi) is 7.27. The standard InChI is InChI=1S/C23H22ClF4N5O2/c1-31(2)15-8-9-32(12-15)23(34)33(18-5-3-4-16(24)19(18)26)11-14-7-6-13(10-17(14)25)21-29-30-22(35-21)20(27)28/h3-7,10,15,20H,8-9,11-12H2,1-2H3/t15-/m0/s1. The van der Waals surface area contributed by atoms with Crippen molar-refractivity contribution >= 4 is 23.3 Å². The first-order chi connectivity index (χ1) is 16.7. The van der Waals surface area contributed by atoms with Gasteiger partial charge in [0.25, 0.3) is 5.89 Å². The second-order valence-corrected chi connectivity index (χ2v) is 8.75. The smallest absolute Gasteiger partial charge is 0.324 e. The van der Waals surface area contributed by atoms with Crippen LogP contribution in [0.1, 0.15) is 24.3 Å². The van der Waals surface area contributed by atoms with Crippen LogP contribution in [0.4, 0.5) is 28.0 Å². The molecule has 0 saturated carbocycles. The molecule has 7 nitrogen and oxygen atoms in total. The van der Waals surface area contributed by atoms with Gasteiger partial charge in [0, 0.05) is 30.3 Å². The molecular formula is C23H22ClF4N5O2. The fraction of sp³-hybridized carbons (Fsp3) is 0.348. The predicted octanol–water partition coefficient (Wildman–Crippen LogP) is 5.37. The minimum atomic E-state index is -2.95. The maximum absolute atomic E-state index is 15.0. The van der Waals surface area contributed by atoms with Crippen LogP contribution in [0, 0.1) is 11.6 Å². The van der Waals surface area contributed by atoms with Crippen molar-refractivity contribution in [1.82, 2.24) is 20.0 Å². The van der Waals surface area contributed by atoms with Gasteiger partial charge in [-0.15, -0.1) is 10.2 Å². The lowest BCUT2D eigenvalue weighted by Crippen LogP contribution is -2.43. The number of likely N-dealkylation sites (tertiary alicyclic amines) is 1. The van der Waals surface area contributed by atoms with Crippen molar-refractivity contribution in [2.75, 3.05) is 32.1 Å². The van der Waals surface area contributed by atoms with Gasteiger partial charge in [-0.25, -0.2) is 13.6 Å². The van der Waals surface area contributed by atoms with Crippen molar-refractivity contribution in [3.05, 3.63) is 64.5 Å². The highest BCUT2D eigenvalue weighted by molar-refractivity contribution is 6.31. The van der Waals surface area contributed by atoms with E-state index in [0.717, 1.165) is 17.4 Å². The molecule has 2 amide bonds. The fourth-order valence-corrected chi connectivity index (χ4v) is 4.05. The minimum Gasteiger partial charge on any atom is -0.415 e. The van der Waals surface area contributed by atoms with Gasteiger partial charge in [-0.1, -0.05) is 23.7 Å². The molecule has 35 heavy (non-hydrogen) atoms. The summed E-state index contributed by atoms with van der Waals surface area (Å²) in [5, 5.41) is 6.57. The van der Waals surface area contributed by atoms with E-state index in [2.05, 4.69) is 10.2 Å². The Bertz CT molecular complexity index is 1220. The lowest BCUT2D eigenvalue weighted by Gasteiger charge is -2.29. The average Bonchev–Trinajstić information content (AvgIpc) is 3.51. The van der Waals surface area contributed by atoms with Crippen LogP contribution in [-0.4, -0.2) is 59.3 Å². The number of rotatable bonds is 6. The number of aromatic nitrogens is 2. The molecule has 0 bridgehead atoms. The van der Waals surface area contributed by atoms with Crippen molar-refractivity contribution in [3.63, 3.8) is 0 Å². The molecule has 2 heterocycles. The van der Waals surface area contributed by atoms with Gasteiger partial charge in [0.1, 0.15) is 5.82 Å². The van der Waals surface area contributed by atoms with Gasteiger partial charge in [-0.3, -0.25) is 4.90 Å². The maximum atomic E-state index is 15.0. The number of halogens is 5. The van der Waals surface area contributed by atoms with Crippen molar-refractivity contribution in [2.24, 2.45) is 0 Å². The minimum absolute atomic E-state index is 0.0680. The average molecular weight is 512 g/mol. The summed E-state index contributed by atoms with van der Waals surface area (Å²) >= 11 is 5.95. The number of alkyl halides is 2. The summed E-state index contributed by atoms with van der Waals surface area (Å²) in [7, 11) is 3.83. The van der Waals surface area contributed by atoms with E-state index in [4.69, 9.17) is 16.0 Å². The number of amides is 2. The van der Waals surface area contributed by atoms with E-state index < -0.39 is 30.0 Å². The topological polar surface area (TPSA) is 65.7 Å². The summed E-state index contributed by atoms with van der Waals surface area (Å²) in [6.45, 7) is 0.610. The van der Waals surface area contributed by atoms with E-state index in [9.17, 15) is 18.0 Å². The third-order valence-corrected chi connectivity index (χ3v) is 6.16. The first kappa shape index (κ1) is 24.9.